The normalized spacial score (nSPS) is 11.3. The third kappa shape index (κ3) is 3.75. The molecule has 0 saturated carbocycles. The Balaban J connectivity index is 0.00000169. The molecule has 0 saturated heterocycles. The van der Waals surface area contributed by atoms with Crippen molar-refractivity contribution in [2.24, 2.45) is 0 Å². The van der Waals surface area contributed by atoms with Crippen LogP contribution in [0.2, 0.25) is 0 Å². The van der Waals surface area contributed by atoms with Gasteiger partial charge in [0.15, 0.2) is 0 Å². The lowest BCUT2D eigenvalue weighted by Gasteiger charge is -2.07. The van der Waals surface area contributed by atoms with E-state index < -0.39 is 4.83 Å². The van der Waals surface area contributed by atoms with E-state index in [1.54, 1.807) is 25.4 Å². The minimum absolute atomic E-state index is 0. The predicted molar refractivity (Wildman–Crippen MR) is 62.9 cm³/mol. The number of aromatic nitrogens is 1. The van der Waals surface area contributed by atoms with Gasteiger partial charge >= 0.3 is 5.97 Å². The Morgan fingerprint density at radius 1 is 1.71 bits per heavy atom. The van der Waals surface area contributed by atoms with Gasteiger partial charge in [0.2, 0.25) is 0 Å². The number of hydrogen-bond acceptors (Lipinski definition) is 3. The highest BCUT2D eigenvalue weighted by atomic mass is 79.9. The van der Waals surface area contributed by atoms with Crippen molar-refractivity contribution in [1.29, 1.82) is 0 Å². The molecule has 0 aliphatic carbocycles. The highest BCUT2D eigenvalue weighted by Crippen LogP contribution is 2.22. The Kier molecular flexibility index (Phi) is 6.74. The van der Waals surface area contributed by atoms with Gasteiger partial charge in [-0.05, 0) is 18.6 Å². The van der Waals surface area contributed by atoms with Crippen molar-refractivity contribution in [2.75, 3.05) is 6.61 Å². The van der Waals surface area contributed by atoms with Crippen LogP contribution in [0.25, 0.3) is 0 Å². The molecular weight excluding hydrogens is 314 g/mol. The number of nitrogens with zero attached hydrogens (tertiary/aromatic N) is 1. The van der Waals surface area contributed by atoms with Crippen LogP contribution in [0.4, 0.5) is 0 Å². The number of rotatable bonds is 3. The lowest BCUT2D eigenvalue weighted by atomic mass is 10.2. The number of alkyl halides is 1. The number of hydrogen-bond donors (Lipinski definition) is 0. The van der Waals surface area contributed by atoms with E-state index in [1.807, 2.05) is 6.07 Å². The molecule has 1 atom stereocenters. The number of pyridine rings is 1. The Morgan fingerprint density at radius 2 is 2.43 bits per heavy atom. The van der Waals surface area contributed by atoms with Crippen LogP contribution in [-0.4, -0.2) is 17.6 Å². The molecular formula is C9H11Br2NO2. The van der Waals surface area contributed by atoms with Crippen molar-refractivity contribution in [3.63, 3.8) is 0 Å². The van der Waals surface area contributed by atoms with Crippen molar-refractivity contribution < 1.29 is 9.53 Å². The monoisotopic (exact) mass is 323 g/mol. The zero-order valence-electron chi connectivity index (χ0n) is 7.64. The van der Waals surface area contributed by atoms with E-state index in [4.69, 9.17) is 4.74 Å². The van der Waals surface area contributed by atoms with E-state index in [0.29, 0.717) is 6.61 Å². The summed E-state index contributed by atoms with van der Waals surface area (Å²) in [7, 11) is 0. The van der Waals surface area contributed by atoms with Crippen LogP contribution in [0.15, 0.2) is 24.5 Å². The van der Waals surface area contributed by atoms with E-state index >= 15 is 0 Å². The zero-order valence-corrected chi connectivity index (χ0v) is 10.9. The molecule has 1 unspecified atom stereocenters. The van der Waals surface area contributed by atoms with Gasteiger partial charge in [-0.2, -0.15) is 0 Å². The van der Waals surface area contributed by atoms with Crippen molar-refractivity contribution in [3.05, 3.63) is 30.1 Å². The summed E-state index contributed by atoms with van der Waals surface area (Å²) in [5.74, 6) is -0.282. The first-order valence-electron chi connectivity index (χ1n) is 3.96. The van der Waals surface area contributed by atoms with E-state index in [2.05, 4.69) is 20.9 Å². The van der Waals surface area contributed by atoms with Crippen LogP contribution in [0.1, 0.15) is 17.3 Å². The maximum Gasteiger partial charge on any atom is 0.324 e. The molecule has 0 aliphatic rings. The smallest absolute Gasteiger partial charge is 0.324 e. The maximum absolute atomic E-state index is 11.2. The van der Waals surface area contributed by atoms with Gasteiger partial charge in [-0.3, -0.25) is 9.78 Å². The molecule has 0 bridgehead atoms. The van der Waals surface area contributed by atoms with E-state index in [9.17, 15) is 4.79 Å². The Hall–Kier alpha value is -0.420. The number of halogens is 2. The summed E-state index contributed by atoms with van der Waals surface area (Å²) in [6.07, 6.45) is 3.30. The molecule has 0 aliphatic heterocycles. The molecule has 0 radical (unpaired) electrons. The minimum atomic E-state index is -0.416. The quantitative estimate of drug-likeness (QED) is 0.634. The number of esters is 1. The van der Waals surface area contributed by atoms with E-state index in [0.717, 1.165) is 5.56 Å². The molecule has 0 N–H and O–H groups in total. The molecule has 0 spiro atoms. The van der Waals surface area contributed by atoms with Crippen molar-refractivity contribution in [1.82, 2.24) is 4.98 Å². The van der Waals surface area contributed by atoms with E-state index in [1.165, 1.54) is 0 Å². The third-order valence-electron chi connectivity index (χ3n) is 1.47. The summed E-state index contributed by atoms with van der Waals surface area (Å²) in [4.78, 5) is 14.7. The van der Waals surface area contributed by atoms with Gasteiger partial charge in [-0.1, -0.05) is 22.0 Å². The van der Waals surface area contributed by atoms with Crippen molar-refractivity contribution in [2.45, 2.75) is 11.8 Å². The zero-order chi connectivity index (χ0) is 9.68. The first-order chi connectivity index (χ1) is 6.25. The van der Waals surface area contributed by atoms with Gasteiger partial charge in [0.1, 0.15) is 4.83 Å². The second-order valence-corrected chi connectivity index (χ2v) is 3.32. The van der Waals surface area contributed by atoms with Crippen LogP contribution in [-0.2, 0) is 9.53 Å². The van der Waals surface area contributed by atoms with Gasteiger partial charge in [0.05, 0.1) is 6.61 Å². The summed E-state index contributed by atoms with van der Waals surface area (Å²) in [6.45, 7) is 2.17. The minimum Gasteiger partial charge on any atom is -0.465 e. The standard InChI is InChI=1S/C9H10BrNO2.BrH/c1-2-13-9(12)8(10)7-4-3-5-11-6-7;/h3-6,8H,2H2,1H3;1H. The Bertz CT molecular complexity index is 279. The largest absolute Gasteiger partial charge is 0.465 e. The summed E-state index contributed by atoms with van der Waals surface area (Å²) in [5, 5.41) is 0. The topological polar surface area (TPSA) is 39.2 Å². The summed E-state index contributed by atoms with van der Waals surface area (Å²) < 4.78 is 4.84. The molecule has 78 valence electrons. The molecule has 1 aromatic heterocycles. The van der Waals surface area contributed by atoms with Gasteiger partial charge < -0.3 is 4.74 Å². The van der Waals surface area contributed by atoms with Crippen LogP contribution in [0.3, 0.4) is 0 Å². The first-order valence-corrected chi connectivity index (χ1v) is 4.88. The Labute approximate surface area is 102 Å². The van der Waals surface area contributed by atoms with Gasteiger partial charge in [-0.25, -0.2) is 0 Å². The van der Waals surface area contributed by atoms with Crippen LogP contribution in [0.5, 0.6) is 0 Å². The second kappa shape index (κ2) is 6.95. The molecule has 14 heavy (non-hydrogen) atoms. The van der Waals surface area contributed by atoms with Gasteiger partial charge in [-0.15, -0.1) is 17.0 Å². The Morgan fingerprint density at radius 3 is 2.93 bits per heavy atom. The van der Waals surface area contributed by atoms with Crippen LogP contribution >= 0.6 is 32.9 Å². The van der Waals surface area contributed by atoms with Crippen LogP contribution in [0, 0.1) is 0 Å². The third-order valence-corrected chi connectivity index (χ3v) is 2.37. The molecule has 5 heteroatoms. The number of carbonyl (C=O) groups is 1. The number of ether oxygens (including phenoxy) is 1. The molecule has 3 nitrogen and oxygen atoms in total. The van der Waals surface area contributed by atoms with Crippen molar-refractivity contribution >= 4 is 38.9 Å². The summed E-state index contributed by atoms with van der Waals surface area (Å²) in [6, 6.07) is 3.60. The second-order valence-electron chi connectivity index (χ2n) is 2.40. The fourth-order valence-electron chi connectivity index (χ4n) is 0.877. The molecule has 1 heterocycles. The highest BCUT2D eigenvalue weighted by Gasteiger charge is 2.17. The summed E-state index contributed by atoms with van der Waals surface area (Å²) >= 11 is 3.24. The van der Waals surface area contributed by atoms with Crippen molar-refractivity contribution in [3.8, 4) is 0 Å². The molecule has 1 aromatic rings. The van der Waals surface area contributed by atoms with Gasteiger partial charge in [0, 0.05) is 12.4 Å². The predicted octanol–water partition coefficient (Wildman–Crippen LogP) is 2.66. The lowest BCUT2D eigenvalue weighted by Crippen LogP contribution is -2.10. The molecule has 0 fully saturated rings. The SMILES string of the molecule is Br.CCOC(=O)C(Br)c1cccnc1. The van der Waals surface area contributed by atoms with E-state index in [-0.39, 0.29) is 23.0 Å². The first kappa shape index (κ1) is 13.6. The lowest BCUT2D eigenvalue weighted by molar-refractivity contribution is -0.142. The average molecular weight is 325 g/mol. The highest BCUT2D eigenvalue weighted by molar-refractivity contribution is 9.09. The molecule has 0 aromatic carbocycles. The maximum atomic E-state index is 11.2. The van der Waals surface area contributed by atoms with Crippen LogP contribution < -0.4 is 0 Å². The summed E-state index contributed by atoms with van der Waals surface area (Å²) in [5.41, 5.74) is 0.806. The fourth-order valence-corrected chi connectivity index (χ4v) is 1.28. The fraction of sp³-hybridized carbons (Fsp3) is 0.333. The molecule has 0 amide bonds. The molecule has 1 rings (SSSR count). The average Bonchev–Trinajstić information content (AvgIpc) is 2.18. The number of carbonyl (C=O) groups excluding carboxylic acids is 1. The van der Waals surface area contributed by atoms with Gasteiger partial charge in [0.25, 0.3) is 0 Å².